The molecular weight excluding hydrogens is 282 g/mol. The Kier molecular flexibility index (Phi) is 5.24. The minimum absolute atomic E-state index is 0.122. The Balaban J connectivity index is 2.18. The summed E-state index contributed by atoms with van der Waals surface area (Å²) < 4.78 is 0. The first kappa shape index (κ1) is 15.7. The molecule has 116 valence electrons. The summed E-state index contributed by atoms with van der Waals surface area (Å²) in [6.45, 7) is 5.08. The Morgan fingerprint density at radius 2 is 1.77 bits per heavy atom. The lowest BCUT2D eigenvalue weighted by molar-refractivity contribution is -0.383. The van der Waals surface area contributed by atoms with Crippen molar-refractivity contribution in [3.8, 4) is 0 Å². The second-order valence-electron chi connectivity index (χ2n) is 4.94. The van der Waals surface area contributed by atoms with E-state index in [-0.39, 0.29) is 17.3 Å². The summed E-state index contributed by atoms with van der Waals surface area (Å²) in [5, 5.41) is 17.3. The van der Waals surface area contributed by atoms with Crippen LogP contribution in [-0.2, 0) is 6.54 Å². The van der Waals surface area contributed by atoms with Gasteiger partial charge in [-0.05, 0) is 18.9 Å². The number of nitrogens with zero attached hydrogens (tertiary/aromatic N) is 3. The van der Waals surface area contributed by atoms with E-state index in [0.717, 1.165) is 12.0 Å². The molecule has 2 rings (SSSR count). The zero-order valence-electron chi connectivity index (χ0n) is 12.7. The minimum atomic E-state index is -0.463. The zero-order chi connectivity index (χ0) is 15.9. The van der Waals surface area contributed by atoms with Crippen LogP contribution in [0.1, 0.15) is 24.5 Å². The van der Waals surface area contributed by atoms with Gasteiger partial charge in [-0.2, -0.15) is 0 Å². The van der Waals surface area contributed by atoms with Crippen molar-refractivity contribution < 1.29 is 4.92 Å². The smallest absolute Gasteiger partial charge is 0.353 e. The van der Waals surface area contributed by atoms with Gasteiger partial charge in [-0.3, -0.25) is 10.1 Å². The molecule has 7 heteroatoms. The molecule has 22 heavy (non-hydrogen) atoms. The second kappa shape index (κ2) is 7.35. The summed E-state index contributed by atoms with van der Waals surface area (Å²) >= 11 is 0. The summed E-state index contributed by atoms with van der Waals surface area (Å²) in [5.41, 5.74) is 2.08. The standard InChI is InChI=1S/C15H19N5O2/c1-3-8-16-14-13(20(21)22)15(19-10-18-14)17-9-12-6-4-11(2)5-7-12/h4-7,10H,3,8-9H2,1-2H3,(H2,16,17,18,19). The van der Waals surface area contributed by atoms with Crippen molar-refractivity contribution in [2.45, 2.75) is 26.8 Å². The van der Waals surface area contributed by atoms with Crippen LogP contribution < -0.4 is 10.6 Å². The van der Waals surface area contributed by atoms with Gasteiger partial charge < -0.3 is 10.6 Å². The maximum Gasteiger partial charge on any atom is 0.353 e. The van der Waals surface area contributed by atoms with Gasteiger partial charge in [0.1, 0.15) is 6.33 Å². The van der Waals surface area contributed by atoms with Crippen molar-refractivity contribution >= 4 is 17.3 Å². The van der Waals surface area contributed by atoms with Crippen LogP contribution in [0.2, 0.25) is 0 Å². The summed E-state index contributed by atoms with van der Waals surface area (Å²) in [7, 11) is 0. The molecule has 0 fully saturated rings. The Morgan fingerprint density at radius 3 is 2.36 bits per heavy atom. The van der Waals surface area contributed by atoms with Crippen molar-refractivity contribution in [1.29, 1.82) is 0 Å². The van der Waals surface area contributed by atoms with Crippen LogP contribution in [0.5, 0.6) is 0 Å². The molecule has 2 aromatic rings. The van der Waals surface area contributed by atoms with Crippen molar-refractivity contribution in [2.24, 2.45) is 0 Å². The van der Waals surface area contributed by atoms with Crippen molar-refractivity contribution in [2.75, 3.05) is 17.2 Å². The van der Waals surface area contributed by atoms with E-state index >= 15 is 0 Å². The molecule has 0 saturated carbocycles. The van der Waals surface area contributed by atoms with Crippen LogP contribution in [0.4, 0.5) is 17.3 Å². The molecule has 0 saturated heterocycles. The largest absolute Gasteiger partial charge is 0.364 e. The number of benzene rings is 1. The number of aromatic nitrogens is 2. The normalized spacial score (nSPS) is 10.3. The van der Waals surface area contributed by atoms with Crippen molar-refractivity contribution in [1.82, 2.24) is 9.97 Å². The lowest BCUT2D eigenvalue weighted by atomic mass is 10.1. The van der Waals surface area contributed by atoms with Gasteiger partial charge in [0.2, 0.25) is 11.6 Å². The molecule has 0 aliphatic heterocycles. The summed E-state index contributed by atoms with van der Waals surface area (Å²) in [4.78, 5) is 18.8. The highest BCUT2D eigenvalue weighted by Gasteiger charge is 2.22. The zero-order valence-corrected chi connectivity index (χ0v) is 12.7. The van der Waals surface area contributed by atoms with Crippen LogP contribution in [0.25, 0.3) is 0 Å². The molecule has 0 radical (unpaired) electrons. The number of hydrogen-bond acceptors (Lipinski definition) is 6. The predicted molar refractivity (Wildman–Crippen MR) is 86.0 cm³/mol. The Morgan fingerprint density at radius 1 is 1.14 bits per heavy atom. The van der Waals surface area contributed by atoms with E-state index in [2.05, 4.69) is 20.6 Å². The average Bonchev–Trinajstić information content (AvgIpc) is 2.52. The fourth-order valence-corrected chi connectivity index (χ4v) is 1.95. The Hall–Kier alpha value is -2.70. The monoisotopic (exact) mass is 301 g/mol. The second-order valence-corrected chi connectivity index (χ2v) is 4.94. The van der Waals surface area contributed by atoms with Gasteiger partial charge in [0, 0.05) is 13.1 Å². The van der Waals surface area contributed by atoms with E-state index in [9.17, 15) is 10.1 Å². The van der Waals surface area contributed by atoms with Gasteiger partial charge in [-0.15, -0.1) is 0 Å². The molecule has 1 heterocycles. The molecule has 0 spiro atoms. The van der Waals surface area contributed by atoms with Gasteiger partial charge >= 0.3 is 5.69 Å². The number of anilines is 2. The number of nitro groups is 1. The van der Waals surface area contributed by atoms with Crippen LogP contribution in [0, 0.1) is 17.0 Å². The van der Waals surface area contributed by atoms with E-state index < -0.39 is 4.92 Å². The molecule has 0 amide bonds. The number of rotatable bonds is 7. The van der Waals surface area contributed by atoms with Gasteiger partial charge in [0.15, 0.2) is 0 Å². The highest BCUT2D eigenvalue weighted by Crippen LogP contribution is 2.29. The summed E-state index contributed by atoms with van der Waals surface area (Å²) in [5.74, 6) is 0.465. The van der Waals surface area contributed by atoms with Crippen LogP contribution in [-0.4, -0.2) is 21.4 Å². The number of hydrogen-bond donors (Lipinski definition) is 2. The maximum atomic E-state index is 11.3. The van der Waals surface area contributed by atoms with Gasteiger partial charge in [-0.25, -0.2) is 9.97 Å². The fourth-order valence-electron chi connectivity index (χ4n) is 1.95. The van der Waals surface area contributed by atoms with Crippen LogP contribution in [0.15, 0.2) is 30.6 Å². The van der Waals surface area contributed by atoms with E-state index in [1.54, 1.807) is 0 Å². The highest BCUT2D eigenvalue weighted by molar-refractivity contribution is 5.69. The Labute approximate surface area is 129 Å². The lowest BCUT2D eigenvalue weighted by Crippen LogP contribution is -2.10. The first-order valence-electron chi connectivity index (χ1n) is 7.14. The molecule has 0 bridgehead atoms. The first-order chi connectivity index (χ1) is 10.6. The van der Waals surface area contributed by atoms with E-state index in [0.29, 0.717) is 13.1 Å². The van der Waals surface area contributed by atoms with E-state index in [1.807, 2.05) is 38.1 Å². The Bertz CT molecular complexity index is 643. The fraction of sp³-hybridized carbons (Fsp3) is 0.333. The molecule has 7 nitrogen and oxygen atoms in total. The van der Waals surface area contributed by atoms with Gasteiger partial charge in [0.25, 0.3) is 0 Å². The molecule has 2 N–H and O–H groups in total. The van der Waals surface area contributed by atoms with Crippen LogP contribution in [0.3, 0.4) is 0 Å². The number of nitrogens with one attached hydrogen (secondary N) is 2. The summed E-state index contributed by atoms with van der Waals surface area (Å²) in [6.07, 6.45) is 2.18. The third-order valence-electron chi connectivity index (χ3n) is 3.13. The molecule has 0 unspecified atom stereocenters. The molecular formula is C15H19N5O2. The van der Waals surface area contributed by atoms with Crippen molar-refractivity contribution in [3.63, 3.8) is 0 Å². The highest BCUT2D eigenvalue weighted by atomic mass is 16.6. The predicted octanol–water partition coefficient (Wildman–Crippen LogP) is 3.13. The molecule has 0 aliphatic rings. The quantitative estimate of drug-likeness (QED) is 0.603. The minimum Gasteiger partial charge on any atom is -0.364 e. The third kappa shape index (κ3) is 3.91. The van der Waals surface area contributed by atoms with E-state index in [4.69, 9.17) is 0 Å². The third-order valence-corrected chi connectivity index (χ3v) is 3.13. The molecule has 0 aliphatic carbocycles. The molecule has 0 atom stereocenters. The lowest BCUT2D eigenvalue weighted by Gasteiger charge is -2.09. The average molecular weight is 301 g/mol. The topological polar surface area (TPSA) is 93.0 Å². The number of aryl methyl sites for hydroxylation is 1. The van der Waals surface area contributed by atoms with E-state index in [1.165, 1.54) is 11.9 Å². The maximum absolute atomic E-state index is 11.3. The van der Waals surface area contributed by atoms with Crippen LogP contribution >= 0.6 is 0 Å². The first-order valence-corrected chi connectivity index (χ1v) is 7.14. The SMILES string of the molecule is CCCNc1ncnc(NCc2ccc(C)cc2)c1[N+](=O)[O-]. The van der Waals surface area contributed by atoms with Gasteiger partial charge in [-0.1, -0.05) is 36.8 Å². The molecule has 1 aromatic heterocycles. The van der Waals surface area contributed by atoms with Crippen molar-refractivity contribution in [3.05, 3.63) is 51.8 Å². The molecule has 1 aromatic carbocycles. The summed E-state index contributed by atoms with van der Waals surface area (Å²) in [6, 6.07) is 7.95. The van der Waals surface area contributed by atoms with Gasteiger partial charge in [0.05, 0.1) is 4.92 Å².